The number of rotatable bonds is 4. The van der Waals surface area contributed by atoms with Crippen molar-refractivity contribution < 1.29 is 4.79 Å². The summed E-state index contributed by atoms with van der Waals surface area (Å²) in [7, 11) is 0. The maximum Gasteiger partial charge on any atom is 0.321 e. The van der Waals surface area contributed by atoms with Crippen LogP contribution in [0.3, 0.4) is 0 Å². The summed E-state index contributed by atoms with van der Waals surface area (Å²) >= 11 is 1.56. The number of nitriles is 1. The first-order chi connectivity index (χ1) is 10.3. The van der Waals surface area contributed by atoms with E-state index in [1.807, 2.05) is 35.7 Å². The van der Waals surface area contributed by atoms with Crippen LogP contribution >= 0.6 is 11.3 Å². The molecule has 2 amide bonds. The van der Waals surface area contributed by atoms with E-state index < -0.39 is 0 Å². The van der Waals surface area contributed by atoms with Gasteiger partial charge in [0.05, 0.1) is 5.56 Å². The molecule has 1 aliphatic rings. The number of carbonyl (C=O) groups is 1. The molecule has 0 radical (unpaired) electrons. The van der Waals surface area contributed by atoms with Crippen molar-refractivity contribution in [2.75, 3.05) is 23.3 Å². The molecule has 21 heavy (non-hydrogen) atoms. The van der Waals surface area contributed by atoms with Crippen molar-refractivity contribution in [1.29, 1.82) is 5.26 Å². The normalized spacial score (nSPS) is 13.9. The second kappa shape index (κ2) is 5.85. The van der Waals surface area contributed by atoms with Gasteiger partial charge in [-0.3, -0.25) is 4.90 Å². The Kier molecular flexibility index (Phi) is 3.75. The fourth-order valence-electron chi connectivity index (χ4n) is 2.22. The molecule has 2 heterocycles. The van der Waals surface area contributed by atoms with E-state index in [4.69, 9.17) is 5.26 Å². The second-order valence-electron chi connectivity index (χ2n) is 4.70. The maximum atomic E-state index is 11.7. The Morgan fingerprint density at radius 1 is 1.43 bits per heavy atom. The minimum Gasteiger partial charge on any atom is -0.380 e. The largest absolute Gasteiger partial charge is 0.380 e. The van der Waals surface area contributed by atoms with E-state index in [0.29, 0.717) is 25.2 Å². The highest BCUT2D eigenvalue weighted by Crippen LogP contribution is 2.22. The van der Waals surface area contributed by atoms with Crippen LogP contribution in [0.15, 0.2) is 35.7 Å². The van der Waals surface area contributed by atoms with E-state index in [-0.39, 0.29) is 6.03 Å². The molecule has 0 unspecified atom stereocenters. The van der Waals surface area contributed by atoms with Crippen molar-refractivity contribution in [2.24, 2.45) is 0 Å². The van der Waals surface area contributed by atoms with Crippen LogP contribution in [-0.4, -0.2) is 19.1 Å². The summed E-state index contributed by atoms with van der Waals surface area (Å²) < 4.78 is 0. The van der Waals surface area contributed by atoms with E-state index in [1.165, 1.54) is 0 Å². The van der Waals surface area contributed by atoms with Gasteiger partial charge < -0.3 is 10.6 Å². The number of anilines is 2. The fraction of sp³-hybridized carbons (Fsp3) is 0.200. The lowest BCUT2D eigenvalue weighted by Gasteiger charge is -2.15. The van der Waals surface area contributed by atoms with Crippen molar-refractivity contribution in [3.8, 4) is 6.07 Å². The van der Waals surface area contributed by atoms with E-state index in [2.05, 4.69) is 16.7 Å². The number of benzene rings is 1. The van der Waals surface area contributed by atoms with Gasteiger partial charge in [-0.05, 0) is 24.3 Å². The van der Waals surface area contributed by atoms with Crippen LogP contribution in [0.1, 0.15) is 10.4 Å². The molecule has 5 nitrogen and oxygen atoms in total. The van der Waals surface area contributed by atoms with Crippen molar-refractivity contribution in [3.05, 3.63) is 46.2 Å². The summed E-state index contributed by atoms with van der Waals surface area (Å²) in [6.07, 6.45) is 0. The summed E-state index contributed by atoms with van der Waals surface area (Å²) in [5.41, 5.74) is 2.54. The lowest BCUT2D eigenvalue weighted by molar-refractivity contribution is 0.252. The van der Waals surface area contributed by atoms with Crippen molar-refractivity contribution in [2.45, 2.75) is 6.54 Å². The third-order valence-corrected chi connectivity index (χ3v) is 4.20. The molecule has 0 spiro atoms. The zero-order valence-electron chi connectivity index (χ0n) is 11.3. The van der Waals surface area contributed by atoms with Gasteiger partial charge in [-0.25, -0.2) is 4.79 Å². The smallest absolute Gasteiger partial charge is 0.321 e. The summed E-state index contributed by atoms with van der Waals surface area (Å²) in [4.78, 5) is 14.5. The lowest BCUT2D eigenvalue weighted by atomic mass is 10.2. The Labute approximate surface area is 126 Å². The third-order valence-electron chi connectivity index (χ3n) is 3.26. The molecule has 2 N–H and O–H groups in total. The zero-order chi connectivity index (χ0) is 14.7. The highest BCUT2D eigenvalue weighted by atomic mass is 32.1. The van der Waals surface area contributed by atoms with E-state index in [0.717, 1.165) is 16.3 Å². The quantitative estimate of drug-likeness (QED) is 0.912. The molecule has 0 atom stereocenters. The van der Waals surface area contributed by atoms with Gasteiger partial charge in [0.25, 0.3) is 0 Å². The molecular weight excluding hydrogens is 284 g/mol. The Hall–Kier alpha value is -2.52. The Bertz CT molecular complexity index is 704. The average molecular weight is 298 g/mol. The van der Waals surface area contributed by atoms with Crippen LogP contribution in [0.4, 0.5) is 16.2 Å². The molecule has 1 saturated heterocycles. The lowest BCUT2D eigenvalue weighted by Crippen LogP contribution is -2.27. The van der Waals surface area contributed by atoms with Crippen LogP contribution in [0.25, 0.3) is 0 Å². The van der Waals surface area contributed by atoms with Crippen molar-refractivity contribution in [1.82, 2.24) is 5.32 Å². The number of hydrogen-bond donors (Lipinski definition) is 2. The van der Waals surface area contributed by atoms with Crippen LogP contribution in [-0.2, 0) is 6.54 Å². The van der Waals surface area contributed by atoms with E-state index >= 15 is 0 Å². The van der Waals surface area contributed by atoms with Crippen LogP contribution in [0.5, 0.6) is 0 Å². The summed E-state index contributed by atoms with van der Waals surface area (Å²) in [6.45, 7) is 2.04. The molecule has 1 aliphatic heterocycles. The number of nitrogens with zero attached hydrogens (tertiary/aromatic N) is 2. The van der Waals surface area contributed by atoms with Gasteiger partial charge in [0.1, 0.15) is 6.07 Å². The van der Waals surface area contributed by atoms with Gasteiger partial charge in [0.2, 0.25) is 0 Å². The molecule has 106 valence electrons. The highest BCUT2D eigenvalue weighted by molar-refractivity contribution is 7.10. The fourth-order valence-corrected chi connectivity index (χ4v) is 2.97. The van der Waals surface area contributed by atoms with Crippen LogP contribution < -0.4 is 15.5 Å². The van der Waals surface area contributed by atoms with Gasteiger partial charge in [-0.2, -0.15) is 5.26 Å². The number of carbonyl (C=O) groups excluding carboxylic acids is 1. The Morgan fingerprint density at radius 3 is 3.05 bits per heavy atom. The maximum absolute atomic E-state index is 11.7. The van der Waals surface area contributed by atoms with E-state index in [9.17, 15) is 4.79 Å². The molecule has 1 fully saturated rings. The second-order valence-corrected chi connectivity index (χ2v) is 5.70. The third kappa shape index (κ3) is 2.98. The topological polar surface area (TPSA) is 68.2 Å². The van der Waals surface area contributed by atoms with E-state index in [1.54, 1.807) is 16.2 Å². The first kappa shape index (κ1) is 13.5. The Morgan fingerprint density at radius 2 is 2.33 bits per heavy atom. The van der Waals surface area contributed by atoms with Crippen molar-refractivity contribution in [3.63, 3.8) is 0 Å². The van der Waals surface area contributed by atoms with Gasteiger partial charge >= 0.3 is 6.03 Å². The molecule has 0 saturated carbocycles. The number of nitrogens with one attached hydrogen (secondary N) is 2. The minimum atomic E-state index is -0.0518. The predicted octanol–water partition coefficient (Wildman–Crippen LogP) is 2.76. The number of urea groups is 1. The van der Waals surface area contributed by atoms with Crippen LogP contribution in [0.2, 0.25) is 0 Å². The molecule has 6 heteroatoms. The van der Waals surface area contributed by atoms with Gasteiger partial charge in [-0.15, -0.1) is 11.3 Å². The van der Waals surface area contributed by atoms with Gasteiger partial charge in [-0.1, -0.05) is 6.07 Å². The molecule has 0 bridgehead atoms. The summed E-state index contributed by atoms with van der Waals surface area (Å²) in [5, 5.41) is 16.8. The first-order valence-electron chi connectivity index (χ1n) is 6.63. The van der Waals surface area contributed by atoms with Crippen LogP contribution in [0, 0.1) is 11.3 Å². The molecule has 0 aliphatic carbocycles. The highest BCUT2D eigenvalue weighted by Gasteiger charge is 2.20. The zero-order valence-corrected chi connectivity index (χ0v) is 12.1. The first-order valence-corrected chi connectivity index (χ1v) is 7.51. The number of amides is 2. The predicted molar refractivity (Wildman–Crippen MR) is 83.5 cm³/mol. The van der Waals surface area contributed by atoms with Crippen molar-refractivity contribution >= 4 is 28.7 Å². The number of hydrogen-bond acceptors (Lipinski definition) is 4. The van der Waals surface area contributed by atoms with Gasteiger partial charge in [0.15, 0.2) is 0 Å². The minimum absolute atomic E-state index is 0.0518. The standard InChI is InChI=1S/C15H14N4OS/c16-8-11-6-14(21-10-11)9-18-12-2-1-3-13(7-12)19-5-4-17-15(19)20/h1-3,6-7,10,18H,4-5,9H2,(H,17,20). The molecular formula is C15H14N4OS. The monoisotopic (exact) mass is 298 g/mol. The Balaban J connectivity index is 1.68. The molecule has 1 aromatic heterocycles. The van der Waals surface area contributed by atoms with Gasteiger partial charge in [0, 0.05) is 41.3 Å². The number of thiophene rings is 1. The summed E-state index contributed by atoms with van der Waals surface area (Å²) in [5.74, 6) is 0. The molecule has 3 rings (SSSR count). The SMILES string of the molecule is N#Cc1csc(CNc2cccc(N3CCNC3=O)c2)c1. The molecule has 1 aromatic carbocycles. The molecule has 2 aromatic rings. The average Bonchev–Trinajstić information content (AvgIpc) is 3.14. The summed E-state index contributed by atoms with van der Waals surface area (Å²) in [6, 6.07) is 11.7.